The number of hydrogen-bond acceptors (Lipinski definition) is 2. The van der Waals surface area contributed by atoms with Crippen LogP contribution in [0.2, 0.25) is 0 Å². The molecule has 1 amide bonds. The molecule has 3 heteroatoms. The van der Waals surface area contributed by atoms with E-state index in [0.29, 0.717) is 18.9 Å². The monoisotopic (exact) mass is 246 g/mol. The molecule has 0 atom stereocenters. The molecule has 0 radical (unpaired) electrons. The van der Waals surface area contributed by atoms with Gasteiger partial charge in [0.25, 0.3) is 0 Å². The number of rotatable bonds is 4. The van der Waals surface area contributed by atoms with Gasteiger partial charge < -0.3 is 10.6 Å². The van der Waals surface area contributed by atoms with Crippen molar-refractivity contribution >= 4 is 5.91 Å². The summed E-state index contributed by atoms with van der Waals surface area (Å²) >= 11 is 0. The molecule has 2 rings (SSSR count). The van der Waals surface area contributed by atoms with Crippen molar-refractivity contribution in [1.29, 1.82) is 0 Å². The van der Waals surface area contributed by atoms with Gasteiger partial charge in [0.05, 0.1) is 0 Å². The van der Waals surface area contributed by atoms with Gasteiger partial charge in [-0.1, -0.05) is 31.2 Å². The van der Waals surface area contributed by atoms with Gasteiger partial charge in [0.2, 0.25) is 5.91 Å². The molecule has 3 nitrogen and oxygen atoms in total. The zero-order valence-electron chi connectivity index (χ0n) is 11.0. The molecule has 1 heterocycles. The lowest BCUT2D eigenvalue weighted by Gasteiger charge is -2.23. The molecule has 18 heavy (non-hydrogen) atoms. The third kappa shape index (κ3) is 3.57. The Balaban J connectivity index is 1.90. The molecule has 1 fully saturated rings. The summed E-state index contributed by atoms with van der Waals surface area (Å²) in [4.78, 5) is 11.2. The number of hydrogen-bond donors (Lipinski definition) is 2. The lowest BCUT2D eigenvalue weighted by atomic mass is 9.90. The maximum absolute atomic E-state index is 11.2. The van der Waals surface area contributed by atoms with Gasteiger partial charge in [-0.3, -0.25) is 4.79 Å². The molecular weight excluding hydrogens is 224 g/mol. The summed E-state index contributed by atoms with van der Waals surface area (Å²) in [6.07, 6.45) is 3.00. The van der Waals surface area contributed by atoms with Crippen LogP contribution in [0.4, 0.5) is 0 Å². The predicted octanol–water partition coefficient (Wildman–Crippen LogP) is 2.18. The number of piperidine rings is 1. The number of carbonyl (C=O) groups is 1. The van der Waals surface area contributed by atoms with Crippen molar-refractivity contribution in [3.05, 3.63) is 35.4 Å². The molecule has 2 N–H and O–H groups in total. The average molecular weight is 246 g/mol. The summed E-state index contributed by atoms with van der Waals surface area (Å²) in [5, 5.41) is 6.29. The van der Waals surface area contributed by atoms with Crippen LogP contribution in [0.25, 0.3) is 0 Å². The molecule has 1 aliphatic rings. The number of carbonyl (C=O) groups excluding carboxylic acids is 1. The maximum atomic E-state index is 11.2. The van der Waals surface area contributed by atoms with Crippen molar-refractivity contribution in [3.8, 4) is 0 Å². The zero-order chi connectivity index (χ0) is 12.8. The molecule has 0 bridgehead atoms. The van der Waals surface area contributed by atoms with Crippen LogP contribution in [0.5, 0.6) is 0 Å². The molecule has 0 saturated carbocycles. The lowest BCUT2D eigenvalue weighted by molar-refractivity contribution is -0.120. The van der Waals surface area contributed by atoms with Gasteiger partial charge in [0.1, 0.15) is 0 Å². The fourth-order valence-corrected chi connectivity index (χ4v) is 2.39. The van der Waals surface area contributed by atoms with Crippen molar-refractivity contribution in [2.24, 2.45) is 0 Å². The number of benzene rings is 1. The van der Waals surface area contributed by atoms with Gasteiger partial charge in [-0.2, -0.15) is 0 Å². The molecule has 0 spiro atoms. The highest BCUT2D eigenvalue weighted by atomic mass is 16.1. The molecule has 1 aromatic rings. The van der Waals surface area contributed by atoms with E-state index in [1.54, 1.807) is 0 Å². The van der Waals surface area contributed by atoms with E-state index in [9.17, 15) is 4.79 Å². The molecule has 0 aliphatic carbocycles. The predicted molar refractivity (Wildman–Crippen MR) is 73.4 cm³/mol. The van der Waals surface area contributed by atoms with Gasteiger partial charge >= 0.3 is 0 Å². The quantitative estimate of drug-likeness (QED) is 0.855. The van der Waals surface area contributed by atoms with E-state index >= 15 is 0 Å². The van der Waals surface area contributed by atoms with E-state index in [4.69, 9.17) is 0 Å². The largest absolute Gasteiger partial charge is 0.352 e. The Morgan fingerprint density at radius 3 is 2.56 bits per heavy atom. The van der Waals surface area contributed by atoms with Crippen molar-refractivity contribution in [1.82, 2.24) is 10.6 Å². The second-order valence-corrected chi connectivity index (χ2v) is 4.90. The second kappa shape index (κ2) is 6.55. The SMILES string of the molecule is CCC(=O)NCc1ccc(C2CCNCC2)cc1. The van der Waals surface area contributed by atoms with E-state index < -0.39 is 0 Å². The molecule has 0 unspecified atom stereocenters. The molecule has 1 saturated heterocycles. The first kappa shape index (κ1) is 13.1. The number of nitrogens with one attached hydrogen (secondary N) is 2. The van der Waals surface area contributed by atoms with Crippen molar-refractivity contribution in [2.75, 3.05) is 13.1 Å². The maximum Gasteiger partial charge on any atom is 0.219 e. The summed E-state index contributed by atoms with van der Waals surface area (Å²) in [7, 11) is 0. The Kier molecular flexibility index (Phi) is 4.76. The van der Waals surface area contributed by atoms with Crippen LogP contribution in [0.15, 0.2) is 24.3 Å². The average Bonchev–Trinajstić information content (AvgIpc) is 2.46. The van der Waals surface area contributed by atoms with Gasteiger partial charge in [0, 0.05) is 13.0 Å². The summed E-state index contributed by atoms with van der Waals surface area (Å²) in [6, 6.07) is 8.69. The summed E-state index contributed by atoms with van der Waals surface area (Å²) in [6.45, 7) is 4.76. The highest BCUT2D eigenvalue weighted by molar-refractivity contribution is 5.75. The van der Waals surface area contributed by atoms with Crippen molar-refractivity contribution in [3.63, 3.8) is 0 Å². The third-order valence-corrected chi connectivity index (χ3v) is 3.60. The Labute approximate surface area is 109 Å². The smallest absolute Gasteiger partial charge is 0.219 e. The van der Waals surface area contributed by atoms with Crippen LogP contribution in [-0.2, 0) is 11.3 Å². The molecular formula is C15H22N2O. The standard InChI is InChI=1S/C15H22N2O/c1-2-15(18)17-11-12-3-5-13(6-4-12)14-7-9-16-10-8-14/h3-6,14,16H,2,7-11H2,1H3,(H,17,18). The highest BCUT2D eigenvalue weighted by Crippen LogP contribution is 2.25. The van der Waals surface area contributed by atoms with Gasteiger partial charge in [0.15, 0.2) is 0 Å². The van der Waals surface area contributed by atoms with Crippen molar-refractivity contribution < 1.29 is 4.79 Å². The van der Waals surface area contributed by atoms with Gasteiger partial charge in [-0.25, -0.2) is 0 Å². The first-order chi connectivity index (χ1) is 8.79. The van der Waals surface area contributed by atoms with Crippen LogP contribution in [-0.4, -0.2) is 19.0 Å². The summed E-state index contributed by atoms with van der Waals surface area (Å²) in [5.74, 6) is 0.808. The Morgan fingerprint density at radius 1 is 1.28 bits per heavy atom. The first-order valence-electron chi connectivity index (χ1n) is 6.86. The minimum absolute atomic E-state index is 0.109. The Bertz CT molecular complexity index is 380. The van der Waals surface area contributed by atoms with Crippen molar-refractivity contribution in [2.45, 2.75) is 38.6 Å². The van der Waals surface area contributed by atoms with E-state index in [2.05, 4.69) is 34.9 Å². The topological polar surface area (TPSA) is 41.1 Å². The molecule has 1 aliphatic heterocycles. The van der Waals surface area contributed by atoms with Gasteiger partial charge in [-0.05, 0) is 43.0 Å². The Morgan fingerprint density at radius 2 is 1.94 bits per heavy atom. The fourth-order valence-electron chi connectivity index (χ4n) is 2.39. The summed E-state index contributed by atoms with van der Waals surface area (Å²) in [5.41, 5.74) is 2.61. The van der Waals surface area contributed by atoms with E-state index in [0.717, 1.165) is 13.1 Å². The lowest BCUT2D eigenvalue weighted by Crippen LogP contribution is -2.26. The third-order valence-electron chi connectivity index (χ3n) is 3.60. The van der Waals surface area contributed by atoms with Crippen LogP contribution in [0.1, 0.15) is 43.2 Å². The van der Waals surface area contributed by atoms with Gasteiger partial charge in [-0.15, -0.1) is 0 Å². The minimum Gasteiger partial charge on any atom is -0.352 e. The first-order valence-corrected chi connectivity index (χ1v) is 6.86. The second-order valence-electron chi connectivity index (χ2n) is 4.90. The van der Waals surface area contributed by atoms with Crippen LogP contribution >= 0.6 is 0 Å². The zero-order valence-corrected chi connectivity index (χ0v) is 11.0. The molecule has 98 valence electrons. The highest BCUT2D eigenvalue weighted by Gasteiger charge is 2.14. The normalized spacial score (nSPS) is 16.5. The minimum atomic E-state index is 0.109. The molecule has 1 aromatic carbocycles. The molecule has 0 aromatic heterocycles. The van der Waals surface area contributed by atoms with E-state index in [1.165, 1.54) is 24.0 Å². The van der Waals surface area contributed by atoms with Crippen LogP contribution in [0, 0.1) is 0 Å². The fraction of sp³-hybridized carbons (Fsp3) is 0.533. The Hall–Kier alpha value is -1.35. The van der Waals surface area contributed by atoms with Crippen LogP contribution in [0.3, 0.4) is 0 Å². The van der Waals surface area contributed by atoms with E-state index in [-0.39, 0.29) is 5.91 Å². The number of amides is 1. The summed E-state index contributed by atoms with van der Waals surface area (Å²) < 4.78 is 0. The van der Waals surface area contributed by atoms with E-state index in [1.807, 2.05) is 6.92 Å². The van der Waals surface area contributed by atoms with Crippen LogP contribution < -0.4 is 10.6 Å².